The molecule has 8 heteroatoms. The molecule has 6 rings (SSSR count). The van der Waals surface area contributed by atoms with Gasteiger partial charge in [0.15, 0.2) is 0 Å². The summed E-state index contributed by atoms with van der Waals surface area (Å²) in [5, 5.41) is 14.0. The van der Waals surface area contributed by atoms with E-state index >= 15 is 0 Å². The summed E-state index contributed by atoms with van der Waals surface area (Å²) in [5.74, 6) is 0.582. The highest BCUT2D eigenvalue weighted by Crippen LogP contribution is 2.61. The molecule has 4 nitrogen and oxygen atoms in total. The average Bonchev–Trinajstić information content (AvgIpc) is 2.77. The van der Waals surface area contributed by atoms with E-state index in [1.165, 1.54) is 24.3 Å². The summed E-state index contributed by atoms with van der Waals surface area (Å²) in [4.78, 5) is 13.3. The number of carbonyl (C=O) groups excluding carboxylic acids is 1. The van der Waals surface area contributed by atoms with Gasteiger partial charge in [-0.2, -0.15) is 13.2 Å². The first kappa shape index (κ1) is 24.1. The molecule has 3 atom stereocenters. The largest absolute Gasteiger partial charge is 0.486 e. The van der Waals surface area contributed by atoms with E-state index in [9.17, 15) is 27.5 Å². The fourth-order valence-corrected chi connectivity index (χ4v) is 6.84. The average molecular weight is 492 g/mol. The Balaban J connectivity index is 1.26. The lowest BCUT2D eigenvalue weighted by Crippen LogP contribution is -2.60. The number of aliphatic hydroxyl groups is 1. The van der Waals surface area contributed by atoms with Crippen LogP contribution in [0.5, 0.6) is 5.75 Å². The number of hydrogen-bond acceptors (Lipinski definition) is 3. The maximum absolute atomic E-state index is 13.5. The van der Waals surface area contributed by atoms with Crippen molar-refractivity contribution in [2.24, 2.45) is 17.3 Å². The highest BCUT2D eigenvalue weighted by molar-refractivity contribution is 5.83. The summed E-state index contributed by atoms with van der Waals surface area (Å²) in [6.45, 7) is 0.289. The quantitative estimate of drug-likeness (QED) is 0.481. The topological polar surface area (TPSA) is 58.6 Å². The first-order chi connectivity index (χ1) is 16.5. The molecule has 188 valence electrons. The van der Waals surface area contributed by atoms with Crippen LogP contribution in [0.15, 0.2) is 48.5 Å². The zero-order chi connectivity index (χ0) is 24.8. The van der Waals surface area contributed by atoms with E-state index in [1.807, 2.05) is 0 Å². The summed E-state index contributed by atoms with van der Waals surface area (Å²) in [7, 11) is 0. The number of alkyl halides is 3. The number of carbonyl (C=O) groups is 1. The van der Waals surface area contributed by atoms with E-state index in [0.29, 0.717) is 30.2 Å². The van der Waals surface area contributed by atoms with Gasteiger partial charge in [0.05, 0.1) is 16.6 Å². The normalized spacial score (nSPS) is 30.2. The lowest BCUT2D eigenvalue weighted by Gasteiger charge is -2.59. The zero-order valence-electron chi connectivity index (χ0n) is 19.3. The lowest BCUT2D eigenvalue weighted by molar-refractivity contribution is -0.178. The molecule has 0 heterocycles. The first-order valence-corrected chi connectivity index (χ1v) is 12.1. The summed E-state index contributed by atoms with van der Waals surface area (Å²) < 4.78 is 58.1. The Kier molecular flexibility index (Phi) is 6.06. The summed E-state index contributed by atoms with van der Waals surface area (Å²) >= 11 is 0. The van der Waals surface area contributed by atoms with E-state index in [-0.39, 0.29) is 18.2 Å². The van der Waals surface area contributed by atoms with Crippen molar-refractivity contribution in [2.75, 3.05) is 6.54 Å². The summed E-state index contributed by atoms with van der Waals surface area (Å²) in [5.41, 5.74) is -1.38. The molecule has 0 radical (unpaired) electrons. The van der Waals surface area contributed by atoms with Gasteiger partial charge in [0.1, 0.15) is 17.7 Å². The maximum Gasteiger partial charge on any atom is 0.416 e. The molecule has 0 spiro atoms. The number of amides is 1. The van der Waals surface area contributed by atoms with Crippen molar-refractivity contribution >= 4 is 5.91 Å². The van der Waals surface area contributed by atoms with Crippen molar-refractivity contribution in [3.63, 3.8) is 0 Å². The number of ether oxygens (including phenoxy) is 1. The van der Waals surface area contributed by atoms with Crippen LogP contribution in [-0.4, -0.2) is 23.2 Å². The molecule has 0 saturated heterocycles. The van der Waals surface area contributed by atoms with Gasteiger partial charge in [0, 0.05) is 13.0 Å². The van der Waals surface area contributed by atoms with Crippen LogP contribution in [0.1, 0.15) is 62.2 Å². The molecule has 35 heavy (non-hydrogen) atoms. The minimum Gasteiger partial charge on any atom is -0.486 e. The molecule has 2 aromatic rings. The van der Waals surface area contributed by atoms with Crippen LogP contribution in [-0.2, 0) is 11.0 Å². The molecule has 4 saturated carbocycles. The van der Waals surface area contributed by atoms with Crippen molar-refractivity contribution in [3.8, 4) is 5.75 Å². The minimum atomic E-state index is -4.44. The summed E-state index contributed by atoms with van der Waals surface area (Å²) in [6.07, 6.45) is 0.0937. The lowest BCUT2D eigenvalue weighted by atomic mass is 9.47. The van der Waals surface area contributed by atoms with Crippen LogP contribution in [0.2, 0.25) is 0 Å². The third kappa shape index (κ3) is 5.03. The summed E-state index contributed by atoms with van der Waals surface area (Å²) in [6, 6.07) is 10.2. The Hall–Kier alpha value is -2.61. The van der Waals surface area contributed by atoms with Gasteiger partial charge >= 0.3 is 6.18 Å². The third-order valence-corrected chi connectivity index (χ3v) is 7.91. The molecule has 1 amide bonds. The molecule has 4 aliphatic rings. The van der Waals surface area contributed by atoms with Crippen LogP contribution in [0.25, 0.3) is 0 Å². The van der Waals surface area contributed by atoms with Gasteiger partial charge in [0.25, 0.3) is 0 Å². The van der Waals surface area contributed by atoms with Gasteiger partial charge in [-0.3, -0.25) is 4.79 Å². The highest BCUT2D eigenvalue weighted by Gasteiger charge is 2.60. The van der Waals surface area contributed by atoms with Crippen molar-refractivity contribution < 1.29 is 32.2 Å². The number of halogens is 4. The smallest absolute Gasteiger partial charge is 0.416 e. The van der Waals surface area contributed by atoms with E-state index in [2.05, 4.69) is 5.32 Å². The number of benzene rings is 2. The van der Waals surface area contributed by atoms with E-state index in [0.717, 1.165) is 44.2 Å². The second-order valence-electron chi connectivity index (χ2n) is 10.7. The Labute approximate surface area is 201 Å². The van der Waals surface area contributed by atoms with Crippen LogP contribution in [0, 0.1) is 23.1 Å². The molecular weight excluding hydrogens is 462 g/mol. The SMILES string of the molecule is O=C(NCCC(Oc1ccc(C(F)(F)F)cc1)c1ccc(F)cc1)C12CC3CC(CC(O)(C3)C1)C2. The van der Waals surface area contributed by atoms with E-state index in [4.69, 9.17) is 4.74 Å². The third-order valence-electron chi connectivity index (χ3n) is 7.91. The van der Waals surface area contributed by atoms with Crippen molar-refractivity contribution in [2.45, 2.75) is 62.8 Å². The van der Waals surface area contributed by atoms with E-state index < -0.39 is 34.7 Å². The number of hydrogen-bond donors (Lipinski definition) is 2. The van der Waals surface area contributed by atoms with E-state index in [1.54, 1.807) is 12.1 Å². The Morgan fingerprint density at radius 2 is 1.66 bits per heavy atom. The molecule has 3 unspecified atom stereocenters. The van der Waals surface area contributed by atoms with Crippen LogP contribution < -0.4 is 10.1 Å². The van der Waals surface area contributed by atoms with Gasteiger partial charge in [0.2, 0.25) is 5.91 Å². The second kappa shape index (κ2) is 8.80. The molecule has 2 N–H and O–H groups in total. The second-order valence-corrected chi connectivity index (χ2v) is 10.7. The van der Waals surface area contributed by atoms with Gasteiger partial charge in [-0.05, 0) is 92.3 Å². The highest BCUT2D eigenvalue weighted by atomic mass is 19.4. The van der Waals surface area contributed by atoms with Crippen molar-refractivity contribution in [1.82, 2.24) is 5.32 Å². The van der Waals surface area contributed by atoms with Crippen LogP contribution in [0.4, 0.5) is 17.6 Å². The van der Waals surface area contributed by atoms with Gasteiger partial charge in [-0.1, -0.05) is 12.1 Å². The maximum atomic E-state index is 13.5. The Morgan fingerprint density at radius 3 is 2.23 bits per heavy atom. The number of rotatable bonds is 7. The Morgan fingerprint density at radius 1 is 1.03 bits per heavy atom. The molecular formula is C27H29F4NO3. The molecule has 4 aliphatic carbocycles. The standard InChI is InChI=1S/C27H29F4NO3/c28-21-5-1-19(2-6-21)23(35-22-7-3-20(4-8-22)27(29,30)31)9-10-32-24(33)25-12-17-11-18(13-25)15-26(34,14-17)16-25/h1-8,17-18,23,34H,9-16H2,(H,32,33). The Bertz CT molecular complexity index is 1050. The molecule has 4 bridgehead atoms. The van der Waals surface area contributed by atoms with Crippen LogP contribution >= 0.6 is 0 Å². The first-order valence-electron chi connectivity index (χ1n) is 12.1. The van der Waals surface area contributed by atoms with Gasteiger partial charge in [-0.15, -0.1) is 0 Å². The molecule has 2 aromatic carbocycles. The monoisotopic (exact) mass is 491 g/mol. The van der Waals surface area contributed by atoms with Crippen molar-refractivity contribution in [3.05, 3.63) is 65.5 Å². The van der Waals surface area contributed by atoms with Gasteiger partial charge < -0.3 is 15.2 Å². The fourth-order valence-electron chi connectivity index (χ4n) is 6.84. The fraction of sp³-hybridized carbons (Fsp3) is 0.519. The molecule has 0 aromatic heterocycles. The van der Waals surface area contributed by atoms with Crippen molar-refractivity contribution in [1.29, 1.82) is 0 Å². The zero-order valence-corrected chi connectivity index (χ0v) is 19.3. The predicted octanol–water partition coefficient (Wildman–Crippen LogP) is 5.80. The molecule has 0 aliphatic heterocycles. The number of nitrogens with one attached hydrogen (secondary N) is 1. The molecule has 4 fully saturated rings. The minimum absolute atomic E-state index is 0.0441. The van der Waals surface area contributed by atoms with Crippen LogP contribution in [0.3, 0.4) is 0 Å². The predicted molar refractivity (Wildman–Crippen MR) is 121 cm³/mol. The van der Waals surface area contributed by atoms with Gasteiger partial charge in [-0.25, -0.2) is 4.39 Å².